The number of fused-ring (bicyclic) bond motifs is 3. The Kier molecular flexibility index (Phi) is 5.51. The highest BCUT2D eigenvalue weighted by Crippen LogP contribution is 2.46. The van der Waals surface area contributed by atoms with Crippen molar-refractivity contribution < 1.29 is 18.0 Å². The Morgan fingerprint density at radius 2 is 1.94 bits per heavy atom. The highest BCUT2D eigenvalue weighted by Gasteiger charge is 2.34. The number of thioether (sulfide) groups is 1. The number of alkyl halides is 3. The predicted molar refractivity (Wildman–Crippen MR) is 116 cm³/mol. The summed E-state index contributed by atoms with van der Waals surface area (Å²) >= 11 is 2.99. The Bertz CT molecular complexity index is 1210. The van der Waals surface area contributed by atoms with E-state index >= 15 is 0 Å². The molecule has 1 amide bonds. The van der Waals surface area contributed by atoms with Crippen molar-refractivity contribution in [1.82, 2.24) is 9.47 Å². The van der Waals surface area contributed by atoms with Crippen LogP contribution in [0.25, 0.3) is 5.69 Å². The number of nitrogens with zero attached hydrogens (tertiary/aromatic N) is 2. The zero-order chi connectivity index (χ0) is 22.5. The lowest BCUT2D eigenvalue weighted by Crippen LogP contribution is -2.32. The van der Waals surface area contributed by atoms with E-state index < -0.39 is 23.1 Å². The Balaban J connectivity index is 2.06. The van der Waals surface area contributed by atoms with Crippen LogP contribution in [0.15, 0.2) is 51.5 Å². The van der Waals surface area contributed by atoms with Crippen molar-refractivity contribution in [3.05, 3.63) is 79.4 Å². The van der Waals surface area contributed by atoms with Crippen LogP contribution >= 0.6 is 23.1 Å². The van der Waals surface area contributed by atoms with Crippen LogP contribution in [0.5, 0.6) is 0 Å². The third kappa shape index (κ3) is 3.92. The first kappa shape index (κ1) is 21.7. The summed E-state index contributed by atoms with van der Waals surface area (Å²) in [4.78, 5) is 28.8. The van der Waals surface area contributed by atoms with Gasteiger partial charge in [0.25, 0.3) is 5.91 Å². The van der Waals surface area contributed by atoms with Gasteiger partial charge in [-0.25, -0.2) is 0 Å². The number of carbonyl (C=O) groups is 1. The quantitative estimate of drug-likeness (QED) is 0.516. The number of pyridine rings is 1. The van der Waals surface area contributed by atoms with Crippen molar-refractivity contribution >= 4 is 29.0 Å². The SMILES string of the molecule is Cc1cc(=O)c(C(=O)N(C)C)c2n1-c1cc(C(F)(F)F)ccc1SC(c1cccs1)C2. The average molecular weight is 465 g/mol. The van der Waals surface area contributed by atoms with E-state index in [1.807, 2.05) is 17.5 Å². The van der Waals surface area contributed by atoms with E-state index in [0.29, 0.717) is 28.4 Å². The summed E-state index contributed by atoms with van der Waals surface area (Å²) in [6.07, 6.45) is -4.17. The highest BCUT2D eigenvalue weighted by atomic mass is 32.2. The molecule has 1 atom stereocenters. The monoisotopic (exact) mass is 464 g/mol. The van der Waals surface area contributed by atoms with E-state index in [0.717, 1.165) is 17.0 Å². The number of amides is 1. The maximum atomic E-state index is 13.5. The standard InChI is InChI=1S/C22H19F3N2O2S2/c1-12-9-16(28)20(21(29)26(2)3)15-11-19(18-5-4-8-30-18)31-17-7-6-13(22(23,24)25)10-14(17)27(12)15/h4-10,19H,11H2,1-3H3. The molecule has 0 aliphatic carbocycles. The molecule has 0 fully saturated rings. The molecule has 1 aliphatic heterocycles. The van der Waals surface area contributed by atoms with Crippen LogP contribution in [0.2, 0.25) is 0 Å². The molecule has 4 nitrogen and oxygen atoms in total. The molecule has 0 N–H and O–H groups in total. The molecule has 0 saturated carbocycles. The Morgan fingerprint density at radius 1 is 1.19 bits per heavy atom. The minimum atomic E-state index is -4.51. The summed E-state index contributed by atoms with van der Waals surface area (Å²) < 4.78 is 42.1. The summed E-state index contributed by atoms with van der Waals surface area (Å²) in [6, 6.07) is 8.84. The van der Waals surface area contributed by atoms with E-state index in [4.69, 9.17) is 0 Å². The third-order valence-corrected chi connectivity index (χ3v) is 7.59. The van der Waals surface area contributed by atoms with Crippen LogP contribution in [-0.2, 0) is 12.6 Å². The van der Waals surface area contributed by atoms with Crippen molar-refractivity contribution in [3.8, 4) is 5.69 Å². The lowest BCUT2D eigenvalue weighted by Gasteiger charge is -2.21. The normalized spacial score (nSPS) is 15.7. The van der Waals surface area contributed by atoms with Crippen LogP contribution in [0.1, 0.15) is 37.4 Å². The fraction of sp³-hybridized carbons (Fsp3) is 0.273. The van der Waals surface area contributed by atoms with Gasteiger partial charge in [0.05, 0.1) is 11.3 Å². The molecule has 2 aromatic heterocycles. The van der Waals surface area contributed by atoms with Gasteiger partial charge in [-0.15, -0.1) is 23.1 Å². The zero-order valence-corrected chi connectivity index (χ0v) is 18.6. The van der Waals surface area contributed by atoms with Crippen molar-refractivity contribution in [1.29, 1.82) is 0 Å². The van der Waals surface area contributed by atoms with Gasteiger partial charge >= 0.3 is 6.18 Å². The summed E-state index contributed by atoms with van der Waals surface area (Å²) in [7, 11) is 3.10. The number of benzene rings is 1. The van der Waals surface area contributed by atoms with E-state index in [9.17, 15) is 22.8 Å². The number of aryl methyl sites for hydroxylation is 1. The molecule has 0 spiro atoms. The number of hydrogen-bond donors (Lipinski definition) is 0. The van der Waals surface area contributed by atoms with Gasteiger partial charge in [0.2, 0.25) is 0 Å². The van der Waals surface area contributed by atoms with Gasteiger partial charge in [-0.3, -0.25) is 9.59 Å². The molecule has 162 valence electrons. The minimum Gasteiger partial charge on any atom is -0.345 e. The number of carbonyl (C=O) groups excluding carboxylic acids is 1. The average Bonchev–Trinajstić information content (AvgIpc) is 3.15. The van der Waals surface area contributed by atoms with Crippen LogP contribution in [-0.4, -0.2) is 29.5 Å². The van der Waals surface area contributed by atoms with Crippen molar-refractivity contribution in [2.24, 2.45) is 0 Å². The van der Waals surface area contributed by atoms with Gasteiger partial charge < -0.3 is 9.47 Å². The van der Waals surface area contributed by atoms with Crippen molar-refractivity contribution in [3.63, 3.8) is 0 Å². The summed E-state index contributed by atoms with van der Waals surface area (Å²) in [5.41, 5.74) is 0.0666. The van der Waals surface area contributed by atoms with Gasteiger partial charge in [0, 0.05) is 53.0 Å². The second-order valence-electron chi connectivity index (χ2n) is 7.51. The molecule has 0 bridgehead atoms. The lowest BCUT2D eigenvalue weighted by molar-refractivity contribution is -0.137. The number of aromatic nitrogens is 1. The van der Waals surface area contributed by atoms with Crippen LogP contribution in [0.4, 0.5) is 13.2 Å². The second kappa shape index (κ2) is 7.87. The molecule has 1 aliphatic rings. The molecule has 1 unspecified atom stereocenters. The van der Waals surface area contributed by atoms with Gasteiger partial charge in [-0.05, 0) is 36.6 Å². The van der Waals surface area contributed by atoms with Gasteiger partial charge in [-0.1, -0.05) is 6.07 Å². The van der Waals surface area contributed by atoms with E-state index in [-0.39, 0.29) is 10.8 Å². The second-order valence-corrected chi connectivity index (χ2v) is 9.74. The van der Waals surface area contributed by atoms with Gasteiger partial charge in [0.15, 0.2) is 5.43 Å². The maximum absolute atomic E-state index is 13.5. The predicted octanol–water partition coefficient (Wildman–Crippen LogP) is 5.32. The Hall–Kier alpha value is -2.52. The van der Waals surface area contributed by atoms with E-state index in [1.54, 1.807) is 36.9 Å². The van der Waals surface area contributed by atoms with Gasteiger partial charge in [-0.2, -0.15) is 13.2 Å². The molecule has 3 heterocycles. The van der Waals surface area contributed by atoms with Gasteiger partial charge in [0.1, 0.15) is 5.56 Å². The fourth-order valence-corrected chi connectivity index (χ4v) is 5.92. The van der Waals surface area contributed by atoms with E-state index in [2.05, 4.69) is 0 Å². The Morgan fingerprint density at radius 3 is 2.55 bits per heavy atom. The molecular weight excluding hydrogens is 445 g/mol. The van der Waals surface area contributed by atoms with Crippen molar-refractivity contribution in [2.75, 3.05) is 14.1 Å². The number of halogens is 3. The molecule has 31 heavy (non-hydrogen) atoms. The minimum absolute atomic E-state index is 0.00279. The first-order valence-electron chi connectivity index (χ1n) is 9.46. The summed E-state index contributed by atoms with van der Waals surface area (Å²) in [5.74, 6) is -0.459. The Labute approximate surface area is 185 Å². The highest BCUT2D eigenvalue weighted by molar-refractivity contribution is 7.99. The fourth-order valence-electron chi connectivity index (χ4n) is 3.75. The van der Waals surface area contributed by atoms with Crippen LogP contribution < -0.4 is 5.43 Å². The first-order chi connectivity index (χ1) is 14.6. The zero-order valence-electron chi connectivity index (χ0n) is 17.0. The summed E-state index contributed by atoms with van der Waals surface area (Å²) in [5, 5.41) is 1.79. The molecule has 9 heteroatoms. The topological polar surface area (TPSA) is 42.3 Å². The first-order valence-corrected chi connectivity index (χ1v) is 11.2. The largest absolute Gasteiger partial charge is 0.416 e. The molecule has 0 radical (unpaired) electrons. The number of rotatable bonds is 2. The molecule has 0 saturated heterocycles. The molecule has 3 aromatic rings. The molecule has 1 aromatic carbocycles. The molecular formula is C22H19F3N2O2S2. The van der Waals surface area contributed by atoms with Crippen LogP contribution in [0.3, 0.4) is 0 Å². The van der Waals surface area contributed by atoms with E-state index in [1.165, 1.54) is 28.8 Å². The van der Waals surface area contributed by atoms with Crippen LogP contribution in [0, 0.1) is 6.92 Å². The maximum Gasteiger partial charge on any atom is 0.416 e. The van der Waals surface area contributed by atoms with Crippen molar-refractivity contribution in [2.45, 2.75) is 29.7 Å². The number of thiophene rings is 1. The summed E-state index contributed by atoms with van der Waals surface area (Å²) in [6.45, 7) is 1.68. The lowest BCUT2D eigenvalue weighted by atomic mass is 10.0. The third-order valence-electron chi connectivity index (χ3n) is 5.15. The molecule has 4 rings (SSSR count). The number of hydrogen-bond acceptors (Lipinski definition) is 4. The smallest absolute Gasteiger partial charge is 0.345 e.